The summed E-state index contributed by atoms with van der Waals surface area (Å²) in [7, 11) is 0. The van der Waals surface area contributed by atoms with Gasteiger partial charge in [-0.05, 0) is 47.2 Å². The van der Waals surface area contributed by atoms with E-state index in [0.717, 1.165) is 29.4 Å². The van der Waals surface area contributed by atoms with Gasteiger partial charge in [0.1, 0.15) is 0 Å². The number of hydrogen-bond acceptors (Lipinski definition) is 5. The predicted molar refractivity (Wildman–Crippen MR) is 95.9 cm³/mol. The summed E-state index contributed by atoms with van der Waals surface area (Å²) >= 11 is 1.62. The van der Waals surface area contributed by atoms with Crippen molar-refractivity contribution in [1.82, 2.24) is 25.1 Å². The summed E-state index contributed by atoms with van der Waals surface area (Å²) in [5, 5.41) is 21.9. The van der Waals surface area contributed by atoms with Gasteiger partial charge < -0.3 is 10.0 Å². The average Bonchev–Trinajstić information content (AvgIpc) is 3.11. The van der Waals surface area contributed by atoms with Gasteiger partial charge in [-0.15, -0.1) is 11.7 Å². The number of piperidine rings is 1. The lowest BCUT2D eigenvalue weighted by atomic mass is 9.84. The molecule has 1 aliphatic rings. The molecule has 2 heterocycles. The van der Waals surface area contributed by atoms with Crippen molar-refractivity contribution in [3.8, 4) is 5.69 Å². The minimum absolute atomic E-state index is 0.204. The smallest absolute Gasteiger partial charge is 0.407 e. The maximum Gasteiger partial charge on any atom is 0.407 e. The van der Waals surface area contributed by atoms with Crippen LogP contribution in [0.1, 0.15) is 12.8 Å². The first-order valence-electron chi connectivity index (χ1n) is 8.26. The standard InChI is InChI=1S/C17H21N5O2S/c1-2-13-12-21(17(23)24)10-8-14(13)9-11-25-16-18-19-20-22(16)15-6-4-3-5-7-15/h2-7,13-14H,1,8-12H2,(H,23,24)/t13-,14-/m0/s1. The molecule has 7 nitrogen and oxygen atoms in total. The van der Waals surface area contributed by atoms with Crippen LogP contribution >= 0.6 is 11.8 Å². The van der Waals surface area contributed by atoms with Crippen molar-refractivity contribution in [3.63, 3.8) is 0 Å². The van der Waals surface area contributed by atoms with Crippen molar-refractivity contribution in [2.75, 3.05) is 18.8 Å². The lowest BCUT2D eigenvalue weighted by molar-refractivity contribution is 0.108. The normalized spacial score (nSPS) is 20.4. The Bertz CT molecular complexity index is 721. The Kier molecular flexibility index (Phi) is 5.70. The lowest BCUT2D eigenvalue weighted by Crippen LogP contribution is -2.42. The van der Waals surface area contributed by atoms with Gasteiger partial charge in [0.25, 0.3) is 0 Å². The van der Waals surface area contributed by atoms with E-state index in [1.54, 1.807) is 16.4 Å². The molecule has 0 radical (unpaired) electrons. The van der Waals surface area contributed by atoms with Gasteiger partial charge in [-0.2, -0.15) is 4.68 Å². The minimum Gasteiger partial charge on any atom is -0.465 e. The van der Waals surface area contributed by atoms with E-state index in [9.17, 15) is 4.79 Å². The maximum atomic E-state index is 11.1. The van der Waals surface area contributed by atoms with Crippen molar-refractivity contribution in [2.45, 2.75) is 18.0 Å². The van der Waals surface area contributed by atoms with E-state index in [1.165, 1.54) is 4.90 Å². The van der Waals surface area contributed by atoms with Crippen LogP contribution in [0.4, 0.5) is 4.79 Å². The second-order valence-corrected chi connectivity index (χ2v) is 7.08. The third-order valence-electron chi connectivity index (χ3n) is 4.54. The zero-order chi connectivity index (χ0) is 17.6. The number of hydrogen-bond donors (Lipinski definition) is 1. The Morgan fingerprint density at radius 1 is 1.40 bits per heavy atom. The number of rotatable bonds is 6. The SMILES string of the molecule is C=C[C@H]1CN(C(=O)O)CC[C@H]1CCSc1nnnn1-c1ccccc1. The summed E-state index contributed by atoms with van der Waals surface area (Å²) in [6, 6.07) is 9.80. The molecule has 0 saturated carbocycles. The molecule has 0 spiro atoms. The Morgan fingerprint density at radius 2 is 2.20 bits per heavy atom. The van der Waals surface area contributed by atoms with Crippen LogP contribution in [0.3, 0.4) is 0 Å². The Morgan fingerprint density at radius 3 is 2.92 bits per heavy atom. The molecule has 1 N–H and O–H groups in total. The highest BCUT2D eigenvalue weighted by molar-refractivity contribution is 7.99. The molecule has 1 aliphatic heterocycles. The monoisotopic (exact) mass is 359 g/mol. The van der Waals surface area contributed by atoms with E-state index in [4.69, 9.17) is 5.11 Å². The molecule has 8 heteroatoms. The molecular weight excluding hydrogens is 338 g/mol. The van der Waals surface area contributed by atoms with Crippen LogP contribution < -0.4 is 0 Å². The number of likely N-dealkylation sites (tertiary alicyclic amines) is 1. The molecule has 2 atom stereocenters. The third-order valence-corrected chi connectivity index (χ3v) is 5.49. The van der Waals surface area contributed by atoms with E-state index in [-0.39, 0.29) is 5.92 Å². The highest BCUT2D eigenvalue weighted by Gasteiger charge is 2.29. The van der Waals surface area contributed by atoms with Gasteiger partial charge in [0.2, 0.25) is 5.16 Å². The van der Waals surface area contributed by atoms with Crippen molar-refractivity contribution in [2.24, 2.45) is 11.8 Å². The Balaban J connectivity index is 1.56. The molecule has 132 valence electrons. The molecule has 25 heavy (non-hydrogen) atoms. The van der Waals surface area contributed by atoms with Crippen LogP contribution in [0.15, 0.2) is 48.1 Å². The second kappa shape index (κ2) is 8.15. The van der Waals surface area contributed by atoms with Crippen molar-refractivity contribution in [3.05, 3.63) is 43.0 Å². The van der Waals surface area contributed by atoms with E-state index in [1.807, 2.05) is 36.4 Å². The molecule has 0 aliphatic carbocycles. The van der Waals surface area contributed by atoms with Gasteiger partial charge >= 0.3 is 6.09 Å². The predicted octanol–water partition coefficient (Wildman–Crippen LogP) is 2.95. The zero-order valence-electron chi connectivity index (χ0n) is 13.9. The van der Waals surface area contributed by atoms with Gasteiger partial charge in [-0.3, -0.25) is 0 Å². The van der Waals surface area contributed by atoms with Crippen LogP contribution in [0.2, 0.25) is 0 Å². The number of para-hydroxylation sites is 1. The fourth-order valence-corrected chi connectivity index (χ4v) is 4.09. The maximum absolute atomic E-state index is 11.1. The van der Waals surface area contributed by atoms with E-state index >= 15 is 0 Å². The molecule has 0 bridgehead atoms. The fourth-order valence-electron chi connectivity index (χ4n) is 3.13. The van der Waals surface area contributed by atoms with Crippen LogP contribution in [-0.2, 0) is 0 Å². The highest BCUT2D eigenvalue weighted by Crippen LogP contribution is 2.30. The molecule has 0 unspecified atom stereocenters. The molecule has 1 fully saturated rings. The number of carbonyl (C=O) groups is 1. The first kappa shape index (κ1) is 17.5. The van der Waals surface area contributed by atoms with Gasteiger partial charge in [-0.25, -0.2) is 4.79 Å². The summed E-state index contributed by atoms with van der Waals surface area (Å²) < 4.78 is 1.74. The largest absolute Gasteiger partial charge is 0.465 e. The lowest BCUT2D eigenvalue weighted by Gasteiger charge is -2.35. The molecule has 1 aromatic carbocycles. The van der Waals surface area contributed by atoms with E-state index in [0.29, 0.717) is 19.0 Å². The fraction of sp³-hybridized carbons (Fsp3) is 0.412. The van der Waals surface area contributed by atoms with Gasteiger partial charge in [0.05, 0.1) is 5.69 Å². The number of carboxylic acid groups (broad SMARTS) is 1. The van der Waals surface area contributed by atoms with Crippen molar-refractivity contribution in [1.29, 1.82) is 0 Å². The second-order valence-electron chi connectivity index (χ2n) is 6.02. The van der Waals surface area contributed by atoms with Crippen molar-refractivity contribution >= 4 is 17.9 Å². The van der Waals surface area contributed by atoms with Crippen LogP contribution in [0.25, 0.3) is 5.69 Å². The van der Waals surface area contributed by atoms with Gasteiger partial charge in [-0.1, -0.05) is 36.0 Å². The zero-order valence-corrected chi connectivity index (χ0v) is 14.7. The van der Waals surface area contributed by atoms with Crippen LogP contribution in [-0.4, -0.2) is 55.1 Å². The van der Waals surface area contributed by atoms with E-state index in [2.05, 4.69) is 22.1 Å². The minimum atomic E-state index is -0.846. The topological polar surface area (TPSA) is 84.1 Å². The third kappa shape index (κ3) is 4.19. The first-order valence-corrected chi connectivity index (χ1v) is 9.24. The molecular formula is C17H21N5O2S. The quantitative estimate of drug-likeness (QED) is 0.630. The average molecular weight is 359 g/mol. The summed E-state index contributed by atoms with van der Waals surface area (Å²) in [5.41, 5.74) is 0.939. The first-order chi connectivity index (χ1) is 12.2. The molecule has 1 saturated heterocycles. The number of thioether (sulfide) groups is 1. The van der Waals surface area contributed by atoms with Gasteiger partial charge in [0, 0.05) is 18.8 Å². The molecule has 3 rings (SSSR count). The highest BCUT2D eigenvalue weighted by atomic mass is 32.2. The molecule has 1 aromatic heterocycles. The van der Waals surface area contributed by atoms with Crippen molar-refractivity contribution < 1.29 is 9.90 Å². The number of amides is 1. The summed E-state index contributed by atoms with van der Waals surface area (Å²) in [6.45, 7) is 5.01. The summed E-state index contributed by atoms with van der Waals surface area (Å²) in [5.74, 6) is 1.53. The number of nitrogens with zero attached hydrogens (tertiary/aromatic N) is 5. The van der Waals surface area contributed by atoms with Crippen LogP contribution in [0, 0.1) is 11.8 Å². The Hall–Kier alpha value is -2.35. The molecule has 1 amide bonds. The number of benzene rings is 1. The summed E-state index contributed by atoms with van der Waals surface area (Å²) in [6.07, 6.45) is 2.89. The molecule has 2 aromatic rings. The number of aromatic nitrogens is 4. The van der Waals surface area contributed by atoms with Gasteiger partial charge in [0.15, 0.2) is 0 Å². The summed E-state index contributed by atoms with van der Waals surface area (Å²) in [4.78, 5) is 12.6. The Labute approximate surface area is 150 Å². The number of tetrazole rings is 1. The van der Waals surface area contributed by atoms with Crippen LogP contribution in [0.5, 0.6) is 0 Å². The van der Waals surface area contributed by atoms with E-state index < -0.39 is 6.09 Å².